The van der Waals surface area contributed by atoms with E-state index >= 15 is 0 Å². The molecule has 0 amide bonds. The van der Waals surface area contributed by atoms with Crippen molar-refractivity contribution >= 4 is 17.7 Å². The Bertz CT molecular complexity index is 485. The van der Waals surface area contributed by atoms with Crippen LogP contribution in [0, 0.1) is 0 Å². The molecule has 1 atom stereocenters. The van der Waals surface area contributed by atoms with Crippen LogP contribution in [0.25, 0.3) is 0 Å². The van der Waals surface area contributed by atoms with Gasteiger partial charge >= 0.3 is 5.97 Å². The molecule has 0 spiro atoms. The second-order valence-electron chi connectivity index (χ2n) is 3.55. The fourth-order valence-corrected chi connectivity index (χ4v) is 2.46. The van der Waals surface area contributed by atoms with Crippen molar-refractivity contribution in [2.24, 2.45) is 0 Å². The number of aromatic nitrogens is 2. The van der Waals surface area contributed by atoms with Crippen LogP contribution in [-0.4, -0.2) is 22.5 Å². The minimum Gasteiger partial charge on any atom is -0.465 e. The number of H-pyrrole nitrogens is 1. The van der Waals surface area contributed by atoms with Gasteiger partial charge in [-0.25, -0.2) is 4.98 Å². The van der Waals surface area contributed by atoms with Gasteiger partial charge in [0.25, 0.3) is 0 Å². The van der Waals surface area contributed by atoms with Gasteiger partial charge in [-0.1, -0.05) is 42.1 Å². The molecule has 0 saturated heterocycles. The first-order valence-corrected chi connectivity index (χ1v) is 6.57. The van der Waals surface area contributed by atoms with E-state index in [-0.39, 0.29) is 5.97 Å². The van der Waals surface area contributed by atoms with Crippen molar-refractivity contribution in [3.8, 4) is 0 Å². The number of imidazole rings is 1. The maximum absolute atomic E-state index is 12.0. The Morgan fingerprint density at radius 2 is 2.22 bits per heavy atom. The molecule has 4 nitrogen and oxygen atoms in total. The number of carbonyl (C=O) groups is 1. The number of esters is 1. The highest BCUT2D eigenvalue weighted by molar-refractivity contribution is 8.00. The summed E-state index contributed by atoms with van der Waals surface area (Å²) in [6.45, 7) is 2.18. The standard InChI is InChI=1S/C13H14N2O2S/c1-2-17-12(16)11(10-6-4-3-5-7-10)18-13-14-8-9-15-13/h3-9,11H,2H2,1H3,(H,14,15). The first-order valence-electron chi connectivity index (χ1n) is 5.69. The minimum absolute atomic E-state index is 0.245. The van der Waals surface area contributed by atoms with Crippen LogP contribution in [0.1, 0.15) is 17.7 Å². The van der Waals surface area contributed by atoms with Crippen LogP contribution in [-0.2, 0) is 9.53 Å². The molecule has 1 heterocycles. The quantitative estimate of drug-likeness (QED) is 0.665. The lowest BCUT2D eigenvalue weighted by Gasteiger charge is -2.14. The lowest BCUT2D eigenvalue weighted by molar-refractivity contribution is -0.142. The van der Waals surface area contributed by atoms with Crippen LogP contribution in [0.5, 0.6) is 0 Å². The molecule has 18 heavy (non-hydrogen) atoms. The maximum atomic E-state index is 12.0. The summed E-state index contributed by atoms with van der Waals surface area (Å²) in [5.74, 6) is -0.245. The van der Waals surface area contributed by atoms with Gasteiger partial charge < -0.3 is 9.72 Å². The van der Waals surface area contributed by atoms with E-state index in [1.165, 1.54) is 11.8 Å². The van der Waals surface area contributed by atoms with E-state index in [2.05, 4.69) is 9.97 Å². The fraction of sp³-hybridized carbons (Fsp3) is 0.231. The van der Waals surface area contributed by atoms with E-state index in [4.69, 9.17) is 4.74 Å². The van der Waals surface area contributed by atoms with Gasteiger partial charge in [0.1, 0.15) is 5.25 Å². The minimum atomic E-state index is -0.391. The highest BCUT2D eigenvalue weighted by Crippen LogP contribution is 2.34. The predicted octanol–water partition coefficient (Wildman–Crippen LogP) is 2.81. The number of aromatic amines is 1. The van der Waals surface area contributed by atoms with Gasteiger partial charge in [0.15, 0.2) is 5.16 Å². The number of hydrogen-bond donors (Lipinski definition) is 1. The second kappa shape index (κ2) is 6.26. The Balaban J connectivity index is 2.20. The zero-order valence-corrected chi connectivity index (χ0v) is 10.8. The first-order chi connectivity index (χ1) is 8.81. The summed E-state index contributed by atoms with van der Waals surface area (Å²) in [5.41, 5.74) is 0.914. The number of carbonyl (C=O) groups excluding carboxylic acids is 1. The summed E-state index contributed by atoms with van der Waals surface area (Å²) < 4.78 is 5.11. The SMILES string of the molecule is CCOC(=O)C(Sc1ncc[nH]1)c1ccccc1. The summed E-state index contributed by atoms with van der Waals surface area (Å²) in [5, 5.41) is 0.314. The molecule has 1 aromatic heterocycles. The molecule has 0 aliphatic carbocycles. The van der Waals surface area contributed by atoms with Gasteiger partial charge in [-0.3, -0.25) is 4.79 Å². The maximum Gasteiger partial charge on any atom is 0.324 e. The smallest absolute Gasteiger partial charge is 0.324 e. The molecule has 0 bridgehead atoms. The average molecular weight is 262 g/mol. The summed E-state index contributed by atoms with van der Waals surface area (Å²) in [7, 11) is 0. The monoisotopic (exact) mass is 262 g/mol. The summed E-state index contributed by atoms with van der Waals surface area (Å²) in [6, 6.07) is 9.56. The number of hydrogen-bond acceptors (Lipinski definition) is 4. The number of nitrogens with one attached hydrogen (secondary N) is 1. The molecule has 2 rings (SSSR count). The molecule has 0 saturated carbocycles. The highest BCUT2D eigenvalue weighted by atomic mass is 32.2. The van der Waals surface area contributed by atoms with Crippen molar-refractivity contribution in [1.29, 1.82) is 0 Å². The molecule has 0 aliphatic rings. The molecular formula is C13H14N2O2S. The molecule has 2 aromatic rings. The summed E-state index contributed by atoms with van der Waals surface area (Å²) >= 11 is 1.36. The Kier molecular flexibility index (Phi) is 4.41. The molecular weight excluding hydrogens is 248 g/mol. The topological polar surface area (TPSA) is 55.0 Å². The number of ether oxygens (including phenoxy) is 1. The van der Waals surface area contributed by atoms with E-state index in [9.17, 15) is 4.79 Å². The number of thioether (sulfide) groups is 1. The van der Waals surface area contributed by atoms with Crippen molar-refractivity contribution in [2.45, 2.75) is 17.3 Å². The third kappa shape index (κ3) is 3.13. The van der Waals surface area contributed by atoms with Crippen LogP contribution < -0.4 is 0 Å². The van der Waals surface area contributed by atoms with E-state index in [0.29, 0.717) is 11.8 Å². The third-order valence-electron chi connectivity index (χ3n) is 2.31. The van der Waals surface area contributed by atoms with Gasteiger partial charge in [0.2, 0.25) is 0 Å². The predicted molar refractivity (Wildman–Crippen MR) is 70.3 cm³/mol. The van der Waals surface area contributed by atoms with Crippen molar-refractivity contribution < 1.29 is 9.53 Å². The lowest BCUT2D eigenvalue weighted by atomic mass is 10.1. The van der Waals surface area contributed by atoms with Crippen LogP contribution in [0.4, 0.5) is 0 Å². The average Bonchev–Trinajstić information content (AvgIpc) is 2.90. The number of nitrogens with zero attached hydrogens (tertiary/aromatic N) is 1. The molecule has 1 aromatic carbocycles. The van der Waals surface area contributed by atoms with Crippen molar-refractivity contribution in [3.05, 3.63) is 48.3 Å². The number of benzene rings is 1. The fourth-order valence-electron chi connectivity index (χ4n) is 1.52. The molecule has 0 fully saturated rings. The second-order valence-corrected chi connectivity index (χ2v) is 4.65. The van der Waals surface area contributed by atoms with Crippen LogP contribution in [0.2, 0.25) is 0 Å². The largest absolute Gasteiger partial charge is 0.465 e. The summed E-state index contributed by atoms with van der Waals surface area (Å²) in [4.78, 5) is 19.1. The van der Waals surface area contributed by atoms with Crippen LogP contribution in [0.15, 0.2) is 47.9 Å². The first kappa shape index (κ1) is 12.7. The Hall–Kier alpha value is -1.75. The van der Waals surface area contributed by atoms with E-state index < -0.39 is 5.25 Å². The van der Waals surface area contributed by atoms with E-state index in [1.807, 2.05) is 30.3 Å². The van der Waals surface area contributed by atoms with Gasteiger partial charge in [-0.05, 0) is 12.5 Å². The molecule has 1 unspecified atom stereocenters. The van der Waals surface area contributed by atoms with E-state index in [1.54, 1.807) is 19.3 Å². The van der Waals surface area contributed by atoms with Crippen LogP contribution in [0.3, 0.4) is 0 Å². The third-order valence-corrected chi connectivity index (χ3v) is 3.45. The molecule has 94 valence electrons. The van der Waals surface area contributed by atoms with Gasteiger partial charge in [0.05, 0.1) is 6.61 Å². The van der Waals surface area contributed by atoms with E-state index in [0.717, 1.165) is 5.56 Å². The zero-order chi connectivity index (χ0) is 12.8. The Labute approximate surface area is 110 Å². The Morgan fingerprint density at radius 3 is 2.83 bits per heavy atom. The summed E-state index contributed by atoms with van der Waals surface area (Å²) in [6.07, 6.45) is 3.39. The molecule has 0 radical (unpaired) electrons. The highest BCUT2D eigenvalue weighted by Gasteiger charge is 2.24. The van der Waals surface area contributed by atoms with Crippen molar-refractivity contribution in [1.82, 2.24) is 9.97 Å². The Morgan fingerprint density at radius 1 is 1.44 bits per heavy atom. The molecule has 0 aliphatic heterocycles. The van der Waals surface area contributed by atoms with Crippen molar-refractivity contribution in [3.63, 3.8) is 0 Å². The normalized spacial score (nSPS) is 12.1. The number of rotatable bonds is 5. The molecule has 1 N–H and O–H groups in total. The van der Waals surface area contributed by atoms with Gasteiger partial charge in [0, 0.05) is 12.4 Å². The van der Waals surface area contributed by atoms with Gasteiger partial charge in [-0.2, -0.15) is 0 Å². The zero-order valence-electron chi connectivity index (χ0n) is 10.00. The van der Waals surface area contributed by atoms with Crippen LogP contribution >= 0.6 is 11.8 Å². The van der Waals surface area contributed by atoms with Gasteiger partial charge in [-0.15, -0.1) is 0 Å². The van der Waals surface area contributed by atoms with Crippen molar-refractivity contribution in [2.75, 3.05) is 6.61 Å². The molecule has 5 heteroatoms. The lowest BCUT2D eigenvalue weighted by Crippen LogP contribution is -2.13.